The quantitative estimate of drug-likeness (QED) is 0.388. The number of methoxy groups -OCH3 is 1. The number of hydrogen-bond donors (Lipinski definition) is 2. The number of hydrogen-bond acceptors (Lipinski definition) is 5. The van der Waals surface area contributed by atoms with Crippen molar-refractivity contribution in [1.29, 1.82) is 5.26 Å². The van der Waals surface area contributed by atoms with Crippen molar-refractivity contribution in [3.8, 4) is 11.8 Å². The van der Waals surface area contributed by atoms with E-state index in [1.54, 1.807) is 73.8 Å². The number of amides is 2. The number of anilines is 1. The zero-order chi connectivity index (χ0) is 22.8. The van der Waals surface area contributed by atoms with Crippen LogP contribution in [-0.2, 0) is 4.79 Å². The molecule has 2 N–H and O–H groups in total. The standard InChI is InChI=1S/C25H21N3O3S/c1-31-21-11-5-7-18(15-21)16-23(28-24(29)19-8-3-2-4-9-19)25(30)27-20-10-6-12-22(17-20)32-14-13-26/h2-12,15-17H,14H2,1H3,(H,27,30)(H,28,29)/b23-16+. The molecule has 0 saturated heterocycles. The summed E-state index contributed by atoms with van der Waals surface area (Å²) in [6, 6.07) is 25.1. The lowest BCUT2D eigenvalue weighted by molar-refractivity contribution is -0.113. The molecule has 2 amide bonds. The molecule has 0 radical (unpaired) electrons. The van der Waals surface area contributed by atoms with Gasteiger partial charge in [-0.2, -0.15) is 5.26 Å². The first-order valence-electron chi connectivity index (χ1n) is 9.72. The summed E-state index contributed by atoms with van der Waals surface area (Å²) >= 11 is 1.37. The lowest BCUT2D eigenvalue weighted by Gasteiger charge is -2.12. The Morgan fingerprint density at radius 3 is 2.56 bits per heavy atom. The number of carbonyl (C=O) groups excluding carboxylic acids is 2. The van der Waals surface area contributed by atoms with Crippen LogP contribution in [0.15, 0.2) is 89.5 Å². The van der Waals surface area contributed by atoms with Crippen LogP contribution in [0, 0.1) is 11.3 Å². The molecule has 0 aliphatic heterocycles. The fourth-order valence-corrected chi connectivity index (χ4v) is 3.43. The maximum Gasteiger partial charge on any atom is 0.272 e. The van der Waals surface area contributed by atoms with Crippen molar-refractivity contribution in [2.45, 2.75) is 4.90 Å². The van der Waals surface area contributed by atoms with E-state index in [9.17, 15) is 9.59 Å². The van der Waals surface area contributed by atoms with Crippen molar-refractivity contribution < 1.29 is 14.3 Å². The van der Waals surface area contributed by atoms with Gasteiger partial charge in [0.05, 0.1) is 18.9 Å². The molecule has 32 heavy (non-hydrogen) atoms. The van der Waals surface area contributed by atoms with E-state index < -0.39 is 11.8 Å². The van der Waals surface area contributed by atoms with Crippen molar-refractivity contribution in [3.63, 3.8) is 0 Å². The summed E-state index contributed by atoms with van der Waals surface area (Å²) in [5, 5.41) is 14.3. The van der Waals surface area contributed by atoms with E-state index in [0.29, 0.717) is 28.3 Å². The average molecular weight is 444 g/mol. The summed E-state index contributed by atoms with van der Waals surface area (Å²) in [4.78, 5) is 26.6. The largest absolute Gasteiger partial charge is 0.497 e. The van der Waals surface area contributed by atoms with E-state index in [4.69, 9.17) is 10.00 Å². The van der Waals surface area contributed by atoms with Crippen LogP contribution in [0.4, 0.5) is 5.69 Å². The highest BCUT2D eigenvalue weighted by Crippen LogP contribution is 2.22. The second kappa shape index (κ2) is 11.4. The van der Waals surface area contributed by atoms with Gasteiger partial charge >= 0.3 is 0 Å². The molecule has 0 unspecified atom stereocenters. The van der Waals surface area contributed by atoms with Crippen molar-refractivity contribution in [2.24, 2.45) is 0 Å². The van der Waals surface area contributed by atoms with E-state index in [0.717, 1.165) is 4.90 Å². The van der Waals surface area contributed by atoms with Gasteiger partial charge in [0, 0.05) is 16.1 Å². The van der Waals surface area contributed by atoms with Gasteiger partial charge in [-0.3, -0.25) is 9.59 Å². The predicted molar refractivity (Wildman–Crippen MR) is 126 cm³/mol. The van der Waals surface area contributed by atoms with Gasteiger partial charge in [-0.25, -0.2) is 0 Å². The van der Waals surface area contributed by atoms with Crippen molar-refractivity contribution in [1.82, 2.24) is 5.32 Å². The lowest BCUT2D eigenvalue weighted by Crippen LogP contribution is -2.30. The van der Waals surface area contributed by atoms with Crippen LogP contribution in [0.2, 0.25) is 0 Å². The highest BCUT2D eigenvalue weighted by molar-refractivity contribution is 7.99. The third kappa shape index (κ3) is 6.49. The van der Waals surface area contributed by atoms with E-state index in [1.807, 2.05) is 18.2 Å². The fourth-order valence-electron chi connectivity index (χ4n) is 2.82. The van der Waals surface area contributed by atoms with Gasteiger partial charge in [0.1, 0.15) is 11.4 Å². The monoisotopic (exact) mass is 443 g/mol. The van der Waals surface area contributed by atoms with Gasteiger partial charge in [0.25, 0.3) is 11.8 Å². The Morgan fingerprint density at radius 2 is 1.81 bits per heavy atom. The SMILES string of the molecule is COc1cccc(/C=C(/NC(=O)c2ccccc2)C(=O)Nc2cccc(SCC#N)c2)c1. The molecule has 0 saturated carbocycles. The van der Waals surface area contributed by atoms with Crippen LogP contribution in [0.1, 0.15) is 15.9 Å². The van der Waals surface area contributed by atoms with Gasteiger partial charge in [0.15, 0.2) is 0 Å². The zero-order valence-corrected chi connectivity index (χ0v) is 18.2. The van der Waals surface area contributed by atoms with Crippen molar-refractivity contribution in [3.05, 3.63) is 95.7 Å². The molecule has 0 spiro atoms. The zero-order valence-electron chi connectivity index (χ0n) is 17.4. The molecule has 0 fully saturated rings. The molecule has 160 valence electrons. The van der Waals surface area contributed by atoms with Crippen molar-refractivity contribution >= 4 is 35.3 Å². The fraction of sp³-hybridized carbons (Fsp3) is 0.0800. The summed E-state index contributed by atoms with van der Waals surface area (Å²) < 4.78 is 5.25. The molecule has 6 nitrogen and oxygen atoms in total. The molecule has 7 heteroatoms. The topological polar surface area (TPSA) is 91.2 Å². The number of ether oxygens (including phenoxy) is 1. The Labute approximate surface area is 190 Å². The minimum absolute atomic E-state index is 0.0854. The van der Waals surface area contributed by atoms with E-state index in [2.05, 4.69) is 16.7 Å². The summed E-state index contributed by atoms with van der Waals surface area (Å²) in [7, 11) is 1.56. The highest BCUT2D eigenvalue weighted by atomic mass is 32.2. The van der Waals surface area contributed by atoms with Crippen LogP contribution in [-0.4, -0.2) is 24.7 Å². The minimum atomic E-state index is -0.473. The van der Waals surface area contributed by atoms with Crippen LogP contribution >= 0.6 is 11.8 Å². The molecule has 3 aromatic carbocycles. The Hall–Kier alpha value is -4.02. The van der Waals surface area contributed by atoms with Crippen LogP contribution in [0.5, 0.6) is 5.75 Å². The smallest absolute Gasteiger partial charge is 0.272 e. The Balaban J connectivity index is 1.87. The number of nitriles is 1. The second-order valence-electron chi connectivity index (χ2n) is 6.58. The normalized spacial score (nSPS) is 10.7. The minimum Gasteiger partial charge on any atom is -0.497 e. The molecular weight excluding hydrogens is 422 g/mol. The Bertz CT molecular complexity index is 1170. The third-order valence-electron chi connectivity index (χ3n) is 4.33. The predicted octanol–water partition coefficient (Wildman–Crippen LogP) is 4.72. The number of nitrogens with zero attached hydrogens (tertiary/aromatic N) is 1. The van der Waals surface area contributed by atoms with Crippen LogP contribution in [0.3, 0.4) is 0 Å². The van der Waals surface area contributed by atoms with E-state index >= 15 is 0 Å². The average Bonchev–Trinajstić information content (AvgIpc) is 2.83. The third-order valence-corrected chi connectivity index (χ3v) is 5.19. The number of thioether (sulfide) groups is 1. The molecular formula is C25H21N3O3S. The lowest BCUT2D eigenvalue weighted by atomic mass is 10.1. The highest BCUT2D eigenvalue weighted by Gasteiger charge is 2.15. The van der Waals surface area contributed by atoms with Crippen molar-refractivity contribution in [2.75, 3.05) is 18.2 Å². The molecule has 0 bridgehead atoms. The maximum atomic E-state index is 13.1. The Kier molecular flexibility index (Phi) is 8.07. The van der Waals surface area contributed by atoms with Gasteiger partial charge < -0.3 is 15.4 Å². The first-order chi connectivity index (χ1) is 15.6. The van der Waals surface area contributed by atoms with Gasteiger partial charge in [-0.1, -0.05) is 36.4 Å². The summed E-state index contributed by atoms with van der Waals surface area (Å²) in [6.07, 6.45) is 1.59. The molecule has 3 rings (SSSR count). The number of nitrogens with one attached hydrogen (secondary N) is 2. The maximum absolute atomic E-state index is 13.1. The summed E-state index contributed by atoms with van der Waals surface area (Å²) in [5.41, 5.74) is 1.78. The van der Waals surface area contributed by atoms with Gasteiger partial charge in [0.2, 0.25) is 0 Å². The molecule has 0 aliphatic rings. The van der Waals surface area contributed by atoms with Gasteiger partial charge in [-0.15, -0.1) is 11.8 Å². The summed E-state index contributed by atoms with van der Waals surface area (Å²) in [5.74, 6) is 0.0776. The Morgan fingerprint density at radius 1 is 1.03 bits per heavy atom. The molecule has 0 aromatic heterocycles. The van der Waals surface area contributed by atoms with Crippen LogP contribution in [0.25, 0.3) is 6.08 Å². The van der Waals surface area contributed by atoms with E-state index in [1.165, 1.54) is 11.8 Å². The van der Waals surface area contributed by atoms with E-state index in [-0.39, 0.29) is 5.70 Å². The van der Waals surface area contributed by atoms with Gasteiger partial charge in [-0.05, 0) is 54.1 Å². The molecule has 0 aliphatic carbocycles. The van der Waals surface area contributed by atoms with Crippen LogP contribution < -0.4 is 15.4 Å². The molecule has 0 atom stereocenters. The number of benzene rings is 3. The molecule has 0 heterocycles. The first-order valence-corrected chi connectivity index (χ1v) is 10.7. The first kappa shape index (κ1) is 22.7. The molecule has 3 aromatic rings. The number of rotatable bonds is 8. The second-order valence-corrected chi connectivity index (χ2v) is 7.63. The summed E-state index contributed by atoms with van der Waals surface area (Å²) in [6.45, 7) is 0. The number of carbonyl (C=O) groups is 2.